The van der Waals surface area contributed by atoms with Crippen LogP contribution in [-0.4, -0.2) is 19.1 Å². The quantitative estimate of drug-likeness (QED) is 0.903. The molecule has 0 atom stereocenters. The number of nitrogens with one attached hydrogen (secondary N) is 1. The standard InChI is InChI=1S/C13H16N2OS/c1-8-7-10(5-6-11(8)16-4)13-15-9(2)12(14-3)17-13/h5-7,14H,1-4H3. The number of thiazole rings is 1. The van der Waals surface area contributed by atoms with E-state index in [0.717, 1.165) is 32.6 Å². The largest absolute Gasteiger partial charge is 0.496 e. The molecule has 2 rings (SSSR count). The summed E-state index contributed by atoms with van der Waals surface area (Å²) in [4.78, 5) is 4.56. The molecule has 1 heterocycles. The van der Waals surface area contributed by atoms with Crippen molar-refractivity contribution in [2.45, 2.75) is 13.8 Å². The Hall–Kier alpha value is -1.55. The van der Waals surface area contributed by atoms with E-state index in [0.29, 0.717) is 0 Å². The zero-order chi connectivity index (χ0) is 12.4. The average molecular weight is 248 g/mol. The molecule has 0 spiro atoms. The van der Waals surface area contributed by atoms with Crippen molar-refractivity contribution in [1.29, 1.82) is 0 Å². The van der Waals surface area contributed by atoms with Crippen molar-refractivity contribution in [3.8, 4) is 16.3 Å². The molecule has 1 N–H and O–H groups in total. The highest BCUT2D eigenvalue weighted by atomic mass is 32.1. The lowest BCUT2D eigenvalue weighted by Crippen LogP contribution is -1.87. The van der Waals surface area contributed by atoms with Crippen LogP contribution in [0, 0.1) is 13.8 Å². The van der Waals surface area contributed by atoms with Gasteiger partial charge >= 0.3 is 0 Å². The third-order valence-electron chi connectivity index (χ3n) is 2.67. The van der Waals surface area contributed by atoms with Gasteiger partial charge in [0.1, 0.15) is 15.8 Å². The number of rotatable bonds is 3. The Morgan fingerprint density at radius 3 is 2.59 bits per heavy atom. The number of benzene rings is 1. The summed E-state index contributed by atoms with van der Waals surface area (Å²) >= 11 is 1.67. The molecule has 0 saturated heterocycles. The SMILES string of the molecule is CNc1sc(-c2ccc(OC)c(C)c2)nc1C. The summed E-state index contributed by atoms with van der Waals surface area (Å²) in [5.41, 5.74) is 3.31. The normalized spacial score (nSPS) is 10.4. The molecule has 1 aromatic heterocycles. The molecular formula is C13H16N2OS. The van der Waals surface area contributed by atoms with Gasteiger partial charge < -0.3 is 10.1 Å². The van der Waals surface area contributed by atoms with Crippen molar-refractivity contribution in [2.75, 3.05) is 19.5 Å². The summed E-state index contributed by atoms with van der Waals surface area (Å²) in [5, 5.41) is 5.31. The van der Waals surface area contributed by atoms with Gasteiger partial charge in [0, 0.05) is 12.6 Å². The predicted molar refractivity (Wildman–Crippen MR) is 73.1 cm³/mol. The van der Waals surface area contributed by atoms with Crippen LogP contribution in [0.2, 0.25) is 0 Å². The second-order valence-electron chi connectivity index (χ2n) is 3.87. The minimum atomic E-state index is 0.913. The number of anilines is 1. The molecule has 90 valence electrons. The Kier molecular flexibility index (Phi) is 3.33. The van der Waals surface area contributed by atoms with Crippen LogP contribution in [0.25, 0.3) is 10.6 Å². The lowest BCUT2D eigenvalue weighted by Gasteiger charge is -2.05. The van der Waals surface area contributed by atoms with Crippen LogP contribution in [0.15, 0.2) is 18.2 Å². The van der Waals surface area contributed by atoms with Gasteiger partial charge in [0.05, 0.1) is 12.8 Å². The lowest BCUT2D eigenvalue weighted by atomic mass is 10.1. The number of aromatic nitrogens is 1. The van der Waals surface area contributed by atoms with E-state index < -0.39 is 0 Å². The highest BCUT2D eigenvalue weighted by Crippen LogP contribution is 2.33. The molecule has 3 nitrogen and oxygen atoms in total. The van der Waals surface area contributed by atoms with E-state index in [9.17, 15) is 0 Å². The second-order valence-corrected chi connectivity index (χ2v) is 4.87. The fourth-order valence-electron chi connectivity index (χ4n) is 1.76. The number of methoxy groups -OCH3 is 1. The van der Waals surface area contributed by atoms with Crippen molar-refractivity contribution in [1.82, 2.24) is 4.98 Å². The van der Waals surface area contributed by atoms with Gasteiger partial charge in [0.2, 0.25) is 0 Å². The molecule has 4 heteroatoms. The number of nitrogens with zero attached hydrogens (tertiary/aromatic N) is 1. The van der Waals surface area contributed by atoms with Gasteiger partial charge in [-0.1, -0.05) is 11.3 Å². The highest BCUT2D eigenvalue weighted by molar-refractivity contribution is 7.19. The first-order valence-electron chi connectivity index (χ1n) is 5.46. The highest BCUT2D eigenvalue weighted by Gasteiger charge is 2.09. The molecule has 0 unspecified atom stereocenters. The van der Waals surface area contributed by atoms with Gasteiger partial charge in [0.15, 0.2) is 0 Å². The Balaban J connectivity index is 2.42. The minimum Gasteiger partial charge on any atom is -0.496 e. The van der Waals surface area contributed by atoms with E-state index in [4.69, 9.17) is 4.74 Å². The first-order chi connectivity index (χ1) is 8.15. The monoisotopic (exact) mass is 248 g/mol. The maximum atomic E-state index is 5.26. The summed E-state index contributed by atoms with van der Waals surface area (Å²) in [6, 6.07) is 6.14. The van der Waals surface area contributed by atoms with Crippen LogP contribution in [0.3, 0.4) is 0 Å². The zero-order valence-corrected chi connectivity index (χ0v) is 11.3. The molecule has 1 aromatic carbocycles. The number of ether oxygens (including phenoxy) is 1. The van der Waals surface area contributed by atoms with E-state index in [2.05, 4.69) is 16.4 Å². The molecule has 0 amide bonds. The van der Waals surface area contributed by atoms with E-state index in [-0.39, 0.29) is 0 Å². The van der Waals surface area contributed by atoms with Crippen LogP contribution < -0.4 is 10.1 Å². The lowest BCUT2D eigenvalue weighted by molar-refractivity contribution is 0.412. The van der Waals surface area contributed by atoms with Gasteiger partial charge in [-0.05, 0) is 37.6 Å². The first kappa shape index (κ1) is 11.9. The molecule has 2 aromatic rings. The van der Waals surface area contributed by atoms with Gasteiger partial charge in [-0.15, -0.1) is 0 Å². The summed E-state index contributed by atoms with van der Waals surface area (Å²) < 4.78 is 5.26. The molecule has 0 radical (unpaired) electrons. The molecule has 0 fully saturated rings. The molecule has 0 aliphatic carbocycles. The van der Waals surface area contributed by atoms with Crippen LogP contribution in [0.5, 0.6) is 5.75 Å². The molecular weight excluding hydrogens is 232 g/mol. The van der Waals surface area contributed by atoms with Crippen molar-refractivity contribution in [3.05, 3.63) is 29.5 Å². The van der Waals surface area contributed by atoms with E-state index >= 15 is 0 Å². The van der Waals surface area contributed by atoms with Crippen LogP contribution >= 0.6 is 11.3 Å². The summed E-state index contributed by atoms with van der Waals surface area (Å²) in [6.07, 6.45) is 0. The number of aryl methyl sites for hydroxylation is 2. The number of hydrogen-bond acceptors (Lipinski definition) is 4. The Bertz CT molecular complexity index is 534. The third-order valence-corrected chi connectivity index (χ3v) is 3.89. The molecule has 0 saturated carbocycles. The zero-order valence-electron chi connectivity index (χ0n) is 10.5. The molecule has 17 heavy (non-hydrogen) atoms. The summed E-state index contributed by atoms with van der Waals surface area (Å²) in [5.74, 6) is 0.913. The fourth-order valence-corrected chi connectivity index (χ4v) is 2.68. The van der Waals surface area contributed by atoms with Gasteiger partial charge in [0.25, 0.3) is 0 Å². The summed E-state index contributed by atoms with van der Waals surface area (Å²) in [6.45, 7) is 4.06. The van der Waals surface area contributed by atoms with Gasteiger partial charge in [-0.25, -0.2) is 4.98 Å². The van der Waals surface area contributed by atoms with Crippen molar-refractivity contribution in [2.24, 2.45) is 0 Å². The van der Waals surface area contributed by atoms with Crippen molar-refractivity contribution in [3.63, 3.8) is 0 Å². The Morgan fingerprint density at radius 2 is 2.06 bits per heavy atom. The third kappa shape index (κ3) is 2.26. The molecule has 0 aliphatic rings. The van der Waals surface area contributed by atoms with Crippen molar-refractivity contribution >= 4 is 16.3 Å². The van der Waals surface area contributed by atoms with Gasteiger partial charge in [-0.3, -0.25) is 0 Å². The van der Waals surface area contributed by atoms with E-state index in [1.165, 1.54) is 0 Å². The molecule has 0 bridgehead atoms. The van der Waals surface area contributed by atoms with Gasteiger partial charge in [-0.2, -0.15) is 0 Å². The Labute approximate surface area is 105 Å². The minimum absolute atomic E-state index is 0.913. The van der Waals surface area contributed by atoms with E-state index in [1.54, 1.807) is 18.4 Å². The molecule has 0 aliphatic heterocycles. The Morgan fingerprint density at radius 1 is 1.29 bits per heavy atom. The smallest absolute Gasteiger partial charge is 0.125 e. The fraction of sp³-hybridized carbons (Fsp3) is 0.308. The first-order valence-corrected chi connectivity index (χ1v) is 6.27. The van der Waals surface area contributed by atoms with Crippen LogP contribution in [0.1, 0.15) is 11.3 Å². The maximum absolute atomic E-state index is 5.26. The second kappa shape index (κ2) is 4.75. The topological polar surface area (TPSA) is 34.1 Å². The number of hydrogen-bond donors (Lipinski definition) is 1. The maximum Gasteiger partial charge on any atom is 0.125 e. The van der Waals surface area contributed by atoms with Crippen LogP contribution in [0.4, 0.5) is 5.00 Å². The summed E-state index contributed by atoms with van der Waals surface area (Å²) in [7, 11) is 3.61. The van der Waals surface area contributed by atoms with Crippen LogP contribution in [-0.2, 0) is 0 Å². The van der Waals surface area contributed by atoms with Crippen molar-refractivity contribution < 1.29 is 4.74 Å². The predicted octanol–water partition coefficient (Wildman–Crippen LogP) is 3.48. The van der Waals surface area contributed by atoms with E-state index in [1.807, 2.05) is 33.0 Å². The average Bonchev–Trinajstić information content (AvgIpc) is 2.70.